The summed E-state index contributed by atoms with van der Waals surface area (Å²) in [6.07, 6.45) is 2.37. The van der Waals surface area contributed by atoms with E-state index >= 15 is 0 Å². The zero-order valence-corrected chi connectivity index (χ0v) is 16.0. The summed E-state index contributed by atoms with van der Waals surface area (Å²) in [5, 5.41) is 7.59. The van der Waals surface area contributed by atoms with Crippen molar-refractivity contribution in [2.45, 2.75) is 58.0 Å². The van der Waals surface area contributed by atoms with Crippen LogP contribution in [0.15, 0.2) is 22.7 Å². The van der Waals surface area contributed by atoms with E-state index in [1.807, 2.05) is 20.8 Å². The molecule has 3 rings (SSSR count). The Morgan fingerprint density at radius 1 is 1.22 bits per heavy atom. The maximum atomic E-state index is 14.3. The summed E-state index contributed by atoms with van der Waals surface area (Å²) in [6, 6.07) is 3.22. The largest absolute Gasteiger partial charge is 0.381 e. The van der Waals surface area contributed by atoms with Crippen molar-refractivity contribution in [1.29, 1.82) is 0 Å². The highest BCUT2D eigenvalue weighted by molar-refractivity contribution is 5.22. The third kappa shape index (κ3) is 4.71. The number of halogens is 2. The molecule has 0 saturated carbocycles. The highest BCUT2D eigenvalue weighted by Crippen LogP contribution is 2.33. The van der Waals surface area contributed by atoms with E-state index in [4.69, 9.17) is 9.26 Å². The number of benzene rings is 1. The van der Waals surface area contributed by atoms with Gasteiger partial charge >= 0.3 is 0 Å². The zero-order valence-electron chi connectivity index (χ0n) is 16.0. The summed E-state index contributed by atoms with van der Waals surface area (Å²) in [4.78, 5) is 4.57. The number of hydrogen-bond acceptors (Lipinski definition) is 5. The van der Waals surface area contributed by atoms with Gasteiger partial charge in [-0.15, -0.1) is 0 Å². The van der Waals surface area contributed by atoms with Crippen LogP contribution in [-0.2, 0) is 4.74 Å². The molecule has 0 bridgehead atoms. The molecule has 148 valence electrons. The van der Waals surface area contributed by atoms with Gasteiger partial charge in [-0.2, -0.15) is 4.98 Å². The van der Waals surface area contributed by atoms with Crippen LogP contribution in [0.3, 0.4) is 0 Å². The lowest BCUT2D eigenvalue weighted by molar-refractivity contribution is 0.0465. The lowest BCUT2D eigenvalue weighted by atomic mass is 9.90. The van der Waals surface area contributed by atoms with E-state index in [0.717, 1.165) is 18.9 Å². The third-order valence-electron chi connectivity index (χ3n) is 5.10. The molecule has 27 heavy (non-hydrogen) atoms. The number of rotatable bonds is 7. The minimum atomic E-state index is -0.578. The molecule has 0 aliphatic carbocycles. The number of nitrogens with zero attached hydrogens (tertiary/aromatic N) is 2. The van der Waals surface area contributed by atoms with Gasteiger partial charge in [-0.3, -0.25) is 5.32 Å². The van der Waals surface area contributed by atoms with Crippen molar-refractivity contribution in [3.63, 3.8) is 0 Å². The van der Waals surface area contributed by atoms with Crippen LogP contribution >= 0.6 is 0 Å². The zero-order chi connectivity index (χ0) is 19.4. The normalized spacial score (nSPS) is 18.0. The van der Waals surface area contributed by atoms with Gasteiger partial charge in [-0.05, 0) is 31.2 Å². The van der Waals surface area contributed by atoms with E-state index in [0.29, 0.717) is 36.9 Å². The summed E-state index contributed by atoms with van der Waals surface area (Å²) >= 11 is 0. The first-order chi connectivity index (χ1) is 13.0. The van der Waals surface area contributed by atoms with E-state index < -0.39 is 11.6 Å². The number of ether oxygens (including phenoxy) is 1. The van der Waals surface area contributed by atoms with Crippen LogP contribution in [0, 0.1) is 17.6 Å². The fourth-order valence-corrected chi connectivity index (χ4v) is 3.49. The first kappa shape index (κ1) is 19.9. The van der Waals surface area contributed by atoms with Gasteiger partial charge in [0.25, 0.3) is 0 Å². The molecule has 5 nitrogen and oxygen atoms in total. The molecule has 1 aromatic heterocycles. The molecule has 7 heteroatoms. The first-order valence-electron chi connectivity index (χ1n) is 9.61. The Bertz CT molecular complexity index is 745. The predicted octanol–water partition coefficient (Wildman–Crippen LogP) is 4.68. The van der Waals surface area contributed by atoms with Crippen molar-refractivity contribution in [2.24, 2.45) is 5.92 Å². The van der Waals surface area contributed by atoms with Gasteiger partial charge in [0.1, 0.15) is 11.6 Å². The molecule has 2 heterocycles. The van der Waals surface area contributed by atoms with Crippen LogP contribution in [0.25, 0.3) is 0 Å². The Hall–Kier alpha value is -1.86. The Morgan fingerprint density at radius 2 is 1.96 bits per heavy atom. The predicted molar refractivity (Wildman–Crippen MR) is 97.2 cm³/mol. The Balaban J connectivity index is 1.88. The van der Waals surface area contributed by atoms with Gasteiger partial charge in [0.2, 0.25) is 5.89 Å². The van der Waals surface area contributed by atoms with E-state index in [1.54, 1.807) is 0 Å². The molecule has 1 aromatic carbocycles. The summed E-state index contributed by atoms with van der Waals surface area (Å²) in [7, 11) is 0. The second-order valence-corrected chi connectivity index (χ2v) is 7.37. The standard InChI is InChI=1S/C20H27F2N3O2/c1-4-17(15-6-5-14(21)11-16(15)22)23-18(13-7-9-26-10-8-13)20-24-19(12(2)3)25-27-20/h5-6,11-13,17-18,23H,4,7-10H2,1-3H3. The fourth-order valence-electron chi connectivity index (χ4n) is 3.49. The molecule has 1 aliphatic rings. The van der Waals surface area contributed by atoms with Crippen LogP contribution in [0.2, 0.25) is 0 Å². The highest BCUT2D eigenvalue weighted by Gasteiger charge is 2.32. The van der Waals surface area contributed by atoms with Crippen LogP contribution < -0.4 is 5.32 Å². The molecule has 1 N–H and O–H groups in total. The fraction of sp³-hybridized carbons (Fsp3) is 0.600. The molecule has 2 unspecified atom stereocenters. The topological polar surface area (TPSA) is 60.2 Å². The van der Waals surface area contributed by atoms with E-state index in [9.17, 15) is 8.78 Å². The van der Waals surface area contributed by atoms with Crippen molar-refractivity contribution in [3.8, 4) is 0 Å². The molecule has 1 saturated heterocycles. The van der Waals surface area contributed by atoms with Crippen molar-refractivity contribution < 1.29 is 18.0 Å². The molecular formula is C20H27F2N3O2. The smallest absolute Gasteiger partial charge is 0.244 e. The Labute approximate surface area is 158 Å². The van der Waals surface area contributed by atoms with Crippen LogP contribution in [0.4, 0.5) is 8.78 Å². The average Bonchev–Trinajstić information content (AvgIpc) is 3.14. The van der Waals surface area contributed by atoms with Crippen LogP contribution in [0.1, 0.15) is 75.3 Å². The summed E-state index contributed by atoms with van der Waals surface area (Å²) in [6.45, 7) is 7.34. The second kappa shape index (κ2) is 8.89. The molecule has 1 fully saturated rings. The van der Waals surface area contributed by atoms with Crippen LogP contribution in [0.5, 0.6) is 0 Å². The Kier molecular flexibility index (Phi) is 6.55. The van der Waals surface area contributed by atoms with Gasteiger partial charge in [0.05, 0.1) is 6.04 Å². The van der Waals surface area contributed by atoms with Gasteiger partial charge < -0.3 is 9.26 Å². The molecular weight excluding hydrogens is 352 g/mol. The second-order valence-electron chi connectivity index (χ2n) is 7.37. The number of aromatic nitrogens is 2. The highest BCUT2D eigenvalue weighted by atomic mass is 19.1. The SMILES string of the molecule is CCC(NC(c1nc(C(C)C)no1)C1CCOCC1)c1ccc(F)cc1F. The Morgan fingerprint density at radius 3 is 2.56 bits per heavy atom. The maximum absolute atomic E-state index is 14.3. The molecule has 1 aliphatic heterocycles. The van der Waals surface area contributed by atoms with E-state index in [1.165, 1.54) is 12.1 Å². The monoisotopic (exact) mass is 379 g/mol. The molecule has 0 amide bonds. The maximum Gasteiger partial charge on any atom is 0.244 e. The van der Waals surface area contributed by atoms with E-state index in [2.05, 4.69) is 15.5 Å². The molecule has 2 atom stereocenters. The lowest BCUT2D eigenvalue weighted by Gasteiger charge is -2.32. The quantitative estimate of drug-likeness (QED) is 0.757. The number of hydrogen-bond donors (Lipinski definition) is 1. The molecule has 0 spiro atoms. The van der Waals surface area contributed by atoms with Crippen molar-refractivity contribution in [2.75, 3.05) is 13.2 Å². The van der Waals surface area contributed by atoms with Gasteiger partial charge in [-0.1, -0.05) is 32.0 Å². The first-order valence-corrected chi connectivity index (χ1v) is 9.61. The van der Waals surface area contributed by atoms with Gasteiger partial charge in [-0.25, -0.2) is 8.78 Å². The van der Waals surface area contributed by atoms with Crippen molar-refractivity contribution >= 4 is 0 Å². The van der Waals surface area contributed by atoms with E-state index in [-0.39, 0.29) is 23.9 Å². The van der Waals surface area contributed by atoms with Gasteiger partial charge in [0, 0.05) is 36.8 Å². The number of nitrogens with one attached hydrogen (secondary N) is 1. The average molecular weight is 379 g/mol. The summed E-state index contributed by atoms with van der Waals surface area (Å²) < 4.78 is 38.7. The van der Waals surface area contributed by atoms with Crippen LogP contribution in [-0.4, -0.2) is 23.4 Å². The summed E-state index contributed by atoms with van der Waals surface area (Å²) in [5.74, 6) is 0.460. The van der Waals surface area contributed by atoms with Gasteiger partial charge in [0.15, 0.2) is 5.82 Å². The third-order valence-corrected chi connectivity index (χ3v) is 5.10. The molecule has 0 radical (unpaired) electrons. The minimum Gasteiger partial charge on any atom is -0.381 e. The van der Waals surface area contributed by atoms with Crippen molar-refractivity contribution in [3.05, 3.63) is 47.1 Å². The lowest BCUT2D eigenvalue weighted by Crippen LogP contribution is -2.35. The molecule has 2 aromatic rings. The van der Waals surface area contributed by atoms with Crippen molar-refractivity contribution in [1.82, 2.24) is 15.5 Å². The minimum absolute atomic E-state index is 0.161. The summed E-state index contributed by atoms with van der Waals surface area (Å²) in [5.41, 5.74) is 0.444.